The van der Waals surface area contributed by atoms with Crippen LogP contribution in [0.4, 0.5) is 0 Å². The maximum absolute atomic E-state index is 12.3. The number of nitrogens with zero attached hydrogens (tertiary/aromatic N) is 2. The summed E-state index contributed by atoms with van der Waals surface area (Å²) in [5, 5.41) is 16.5. The van der Waals surface area contributed by atoms with E-state index in [0.29, 0.717) is 11.3 Å². The van der Waals surface area contributed by atoms with E-state index in [1.807, 2.05) is 0 Å². The Labute approximate surface area is 139 Å². The minimum Gasteiger partial charge on any atom is -0.481 e. The molecular formula is C16H18ClN3O3. The molecule has 1 amide bonds. The van der Waals surface area contributed by atoms with Crippen LogP contribution in [0.2, 0.25) is 5.02 Å². The third-order valence-electron chi connectivity index (χ3n) is 3.96. The Kier molecular flexibility index (Phi) is 4.75. The van der Waals surface area contributed by atoms with Crippen molar-refractivity contribution in [3.05, 3.63) is 52.3 Å². The van der Waals surface area contributed by atoms with E-state index in [-0.39, 0.29) is 17.3 Å². The minimum atomic E-state index is -1.24. The van der Waals surface area contributed by atoms with Gasteiger partial charge in [-0.15, -0.1) is 0 Å². The van der Waals surface area contributed by atoms with E-state index in [1.165, 1.54) is 4.68 Å². The normalized spacial score (nSPS) is 13.4. The summed E-state index contributed by atoms with van der Waals surface area (Å²) in [5.74, 6) is -1.52. The molecule has 7 heteroatoms. The van der Waals surface area contributed by atoms with E-state index in [1.54, 1.807) is 51.2 Å². The van der Waals surface area contributed by atoms with Crippen LogP contribution in [0.25, 0.3) is 0 Å². The molecule has 0 radical (unpaired) electrons. The van der Waals surface area contributed by atoms with E-state index >= 15 is 0 Å². The fourth-order valence-corrected chi connectivity index (χ4v) is 2.42. The van der Waals surface area contributed by atoms with Crippen LogP contribution in [0.15, 0.2) is 30.3 Å². The van der Waals surface area contributed by atoms with Gasteiger partial charge in [-0.3, -0.25) is 14.3 Å². The van der Waals surface area contributed by atoms with Crippen molar-refractivity contribution < 1.29 is 14.7 Å². The van der Waals surface area contributed by atoms with Gasteiger partial charge >= 0.3 is 5.97 Å². The zero-order valence-corrected chi connectivity index (χ0v) is 13.9. The van der Waals surface area contributed by atoms with Crippen molar-refractivity contribution in [3.63, 3.8) is 0 Å². The number of aromatic nitrogens is 2. The first-order chi connectivity index (χ1) is 10.8. The molecule has 1 atom stereocenters. The zero-order valence-electron chi connectivity index (χ0n) is 13.1. The summed E-state index contributed by atoms with van der Waals surface area (Å²) >= 11 is 6.08. The number of amides is 1. The van der Waals surface area contributed by atoms with Gasteiger partial charge in [0.1, 0.15) is 5.41 Å². The van der Waals surface area contributed by atoms with Crippen LogP contribution in [0.1, 0.15) is 28.7 Å². The van der Waals surface area contributed by atoms with Gasteiger partial charge < -0.3 is 10.4 Å². The molecule has 0 bridgehead atoms. The Balaban J connectivity index is 2.21. The van der Waals surface area contributed by atoms with Crippen LogP contribution in [0, 0.1) is 6.92 Å². The third kappa shape index (κ3) is 3.22. The van der Waals surface area contributed by atoms with Gasteiger partial charge in [-0.25, -0.2) is 0 Å². The van der Waals surface area contributed by atoms with E-state index in [9.17, 15) is 14.7 Å². The third-order valence-corrected chi connectivity index (χ3v) is 4.41. The fourth-order valence-electron chi connectivity index (χ4n) is 2.18. The average Bonchev–Trinajstić information content (AvgIpc) is 2.80. The van der Waals surface area contributed by atoms with Crippen molar-refractivity contribution in [2.45, 2.75) is 19.3 Å². The summed E-state index contributed by atoms with van der Waals surface area (Å²) in [4.78, 5) is 24.0. The molecule has 0 saturated carbocycles. The second-order valence-electron chi connectivity index (χ2n) is 5.56. The van der Waals surface area contributed by atoms with Gasteiger partial charge in [0.25, 0.3) is 5.91 Å². The summed E-state index contributed by atoms with van der Waals surface area (Å²) in [7, 11) is 1.68. The SMILES string of the molecule is Cc1c(Cl)c(C(=O)NCC(C)(C(=O)O)c2ccccc2)nn1C. The van der Waals surface area contributed by atoms with E-state index in [2.05, 4.69) is 10.4 Å². The van der Waals surface area contributed by atoms with Crippen LogP contribution in [-0.4, -0.2) is 33.3 Å². The molecule has 0 spiro atoms. The summed E-state index contributed by atoms with van der Waals surface area (Å²) in [6.07, 6.45) is 0. The molecule has 2 N–H and O–H groups in total. The number of aryl methyl sites for hydroxylation is 1. The number of carbonyl (C=O) groups excluding carboxylic acids is 1. The van der Waals surface area contributed by atoms with Gasteiger partial charge in [0, 0.05) is 13.6 Å². The van der Waals surface area contributed by atoms with Gasteiger partial charge in [0.2, 0.25) is 0 Å². The lowest BCUT2D eigenvalue weighted by molar-refractivity contribution is -0.142. The quantitative estimate of drug-likeness (QED) is 0.877. The highest BCUT2D eigenvalue weighted by Crippen LogP contribution is 2.24. The zero-order chi connectivity index (χ0) is 17.2. The first-order valence-corrected chi connectivity index (χ1v) is 7.41. The van der Waals surface area contributed by atoms with Crippen LogP contribution in [0.3, 0.4) is 0 Å². The second kappa shape index (κ2) is 6.42. The Morgan fingerprint density at radius 2 is 1.96 bits per heavy atom. The molecule has 23 heavy (non-hydrogen) atoms. The molecule has 1 heterocycles. The number of aliphatic carboxylic acids is 1. The van der Waals surface area contributed by atoms with Crippen LogP contribution in [0.5, 0.6) is 0 Å². The maximum Gasteiger partial charge on any atom is 0.315 e. The largest absolute Gasteiger partial charge is 0.481 e. The van der Waals surface area contributed by atoms with Crippen molar-refractivity contribution >= 4 is 23.5 Å². The number of nitrogens with one attached hydrogen (secondary N) is 1. The second-order valence-corrected chi connectivity index (χ2v) is 5.94. The fraction of sp³-hybridized carbons (Fsp3) is 0.312. The summed E-state index contributed by atoms with van der Waals surface area (Å²) < 4.78 is 1.50. The number of carboxylic acids is 1. The van der Waals surface area contributed by atoms with Crippen molar-refractivity contribution in [2.75, 3.05) is 6.54 Å². The molecule has 1 aromatic carbocycles. The highest BCUT2D eigenvalue weighted by atomic mass is 35.5. The number of hydrogen-bond donors (Lipinski definition) is 2. The Morgan fingerprint density at radius 3 is 2.43 bits per heavy atom. The Bertz CT molecular complexity index is 743. The monoisotopic (exact) mass is 335 g/mol. The highest BCUT2D eigenvalue weighted by molar-refractivity contribution is 6.34. The van der Waals surface area contributed by atoms with Crippen molar-refractivity contribution in [1.82, 2.24) is 15.1 Å². The molecule has 0 saturated heterocycles. The molecule has 0 aliphatic carbocycles. The predicted molar refractivity (Wildman–Crippen MR) is 86.7 cm³/mol. The topological polar surface area (TPSA) is 84.2 Å². The van der Waals surface area contributed by atoms with Gasteiger partial charge in [-0.2, -0.15) is 5.10 Å². The van der Waals surface area contributed by atoms with Crippen LogP contribution in [-0.2, 0) is 17.3 Å². The van der Waals surface area contributed by atoms with Crippen molar-refractivity contribution in [3.8, 4) is 0 Å². The van der Waals surface area contributed by atoms with E-state index < -0.39 is 17.3 Å². The lowest BCUT2D eigenvalue weighted by atomic mass is 9.82. The number of hydrogen-bond acceptors (Lipinski definition) is 3. The predicted octanol–water partition coefficient (Wildman–Crippen LogP) is 2.15. The molecule has 6 nitrogen and oxygen atoms in total. The molecule has 0 fully saturated rings. The molecule has 122 valence electrons. The smallest absolute Gasteiger partial charge is 0.315 e. The number of halogens is 1. The van der Waals surface area contributed by atoms with E-state index in [4.69, 9.17) is 11.6 Å². The Morgan fingerprint density at radius 1 is 1.35 bits per heavy atom. The van der Waals surface area contributed by atoms with Gasteiger partial charge in [-0.1, -0.05) is 41.9 Å². The molecule has 0 aliphatic rings. The van der Waals surface area contributed by atoms with Crippen LogP contribution >= 0.6 is 11.6 Å². The molecule has 1 aromatic heterocycles. The molecule has 2 rings (SSSR count). The molecule has 0 aliphatic heterocycles. The van der Waals surface area contributed by atoms with Gasteiger partial charge in [-0.05, 0) is 19.4 Å². The summed E-state index contributed by atoms with van der Waals surface area (Å²) in [6.45, 7) is 3.24. The minimum absolute atomic E-state index is 0.0723. The number of rotatable bonds is 5. The van der Waals surface area contributed by atoms with Gasteiger partial charge in [0.05, 0.1) is 10.7 Å². The van der Waals surface area contributed by atoms with Gasteiger partial charge in [0.15, 0.2) is 5.69 Å². The lowest BCUT2D eigenvalue weighted by Gasteiger charge is -2.25. The number of benzene rings is 1. The molecule has 2 aromatic rings. The van der Waals surface area contributed by atoms with Crippen molar-refractivity contribution in [2.24, 2.45) is 7.05 Å². The molecular weight excluding hydrogens is 318 g/mol. The first-order valence-electron chi connectivity index (χ1n) is 7.03. The average molecular weight is 336 g/mol. The first kappa shape index (κ1) is 17.0. The maximum atomic E-state index is 12.3. The van der Waals surface area contributed by atoms with Crippen LogP contribution < -0.4 is 5.32 Å². The Hall–Kier alpha value is -2.34. The summed E-state index contributed by atoms with van der Waals surface area (Å²) in [6, 6.07) is 8.77. The standard InChI is InChI=1S/C16H18ClN3O3/c1-10-12(17)13(19-20(10)3)14(21)18-9-16(2,15(22)23)11-7-5-4-6-8-11/h4-8H,9H2,1-3H3,(H,18,21)(H,22,23). The van der Waals surface area contributed by atoms with Crippen molar-refractivity contribution in [1.29, 1.82) is 0 Å². The lowest BCUT2D eigenvalue weighted by Crippen LogP contribution is -2.44. The number of carboxylic acid groups (broad SMARTS) is 1. The summed E-state index contributed by atoms with van der Waals surface area (Å²) in [5.41, 5.74) is 0.122. The highest BCUT2D eigenvalue weighted by Gasteiger charge is 2.36. The number of carbonyl (C=O) groups is 2. The molecule has 1 unspecified atom stereocenters. The van der Waals surface area contributed by atoms with E-state index in [0.717, 1.165) is 0 Å².